The maximum atomic E-state index is 12.4. The monoisotopic (exact) mass is 368 g/mol. The third kappa shape index (κ3) is 3.34. The number of carbonyl (C=O) groups is 1. The Morgan fingerprint density at radius 2 is 1.74 bits per heavy atom. The zero-order valence-electron chi connectivity index (χ0n) is 12.3. The van der Waals surface area contributed by atoms with E-state index in [9.17, 15) is 26.2 Å². The molecule has 120 valence electrons. The average Bonchev–Trinajstić information content (AvgIpc) is 2.77. The van der Waals surface area contributed by atoms with E-state index in [4.69, 9.17) is 0 Å². The van der Waals surface area contributed by atoms with Gasteiger partial charge >= 0.3 is 29.6 Å². The molecular formula is C12H13N2NaO6S2. The predicted molar refractivity (Wildman–Crippen MR) is 74.5 cm³/mol. The molecule has 2 aliphatic rings. The fourth-order valence-corrected chi connectivity index (χ4v) is 5.57. The Morgan fingerprint density at radius 1 is 1.13 bits per heavy atom. The molecule has 0 radical (unpaired) electrons. The molecule has 1 aromatic carbocycles. The van der Waals surface area contributed by atoms with Crippen molar-refractivity contribution in [3.63, 3.8) is 0 Å². The number of hydrogen-bond donors (Lipinski definition) is 0. The number of hydrogen-bond acceptors (Lipinski definition) is 6. The number of amides is 1. The Morgan fingerprint density at radius 3 is 2.30 bits per heavy atom. The van der Waals surface area contributed by atoms with Crippen molar-refractivity contribution >= 4 is 26.2 Å². The van der Waals surface area contributed by atoms with Gasteiger partial charge in [-0.05, 0) is 12.0 Å². The second-order valence-corrected chi connectivity index (χ2v) is 8.42. The first-order valence-corrected chi connectivity index (χ1v) is 9.52. The second-order valence-electron chi connectivity index (χ2n) is 5.25. The minimum atomic E-state index is -4.88. The Hall–Kier alpha value is -0.490. The van der Waals surface area contributed by atoms with Crippen LogP contribution in [0.1, 0.15) is 12.0 Å². The summed E-state index contributed by atoms with van der Waals surface area (Å²) in [6.45, 7) is 0.0300. The van der Waals surface area contributed by atoms with Gasteiger partial charge in [0.15, 0.2) is 10.3 Å². The van der Waals surface area contributed by atoms with Gasteiger partial charge in [-0.25, -0.2) is 21.1 Å². The number of sulfonamides is 1. The Bertz CT molecular complexity index is 811. The van der Waals surface area contributed by atoms with Crippen LogP contribution in [0.15, 0.2) is 30.3 Å². The summed E-state index contributed by atoms with van der Waals surface area (Å²) in [5.41, 5.74) is 0.575. The van der Waals surface area contributed by atoms with E-state index in [0.717, 1.165) is 4.31 Å². The van der Waals surface area contributed by atoms with E-state index in [-0.39, 0.29) is 52.6 Å². The van der Waals surface area contributed by atoms with Crippen LogP contribution in [-0.4, -0.2) is 54.5 Å². The Balaban J connectivity index is 0.00000192. The SMILES string of the molecule is O=C1[C@@H]2[C@@H](CCN2S(=O)(=O)Cc2ccccc2)N1S(=O)(=O)[O-].[Na+]. The molecule has 0 aliphatic carbocycles. The topological polar surface area (TPSA) is 115 Å². The van der Waals surface area contributed by atoms with Gasteiger partial charge in [0.2, 0.25) is 10.0 Å². The van der Waals surface area contributed by atoms with Gasteiger partial charge in [0.1, 0.15) is 6.04 Å². The Kier molecular flexibility index (Phi) is 5.27. The molecule has 23 heavy (non-hydrogen) atoms. The largest absolute Gasteiger partial charge is 1.00 e. The smallest absolute Gasteiger partial charge is 0.731 e. The molecule has 0 saturated carbocycles. The second kappa shape index (κ2) is 6.43. The molecule has 2 atom stereocenters. The Labute approximate surface area is 156 Å². The van der Waals surface area contributed by atoms with Crippen LogP contribution in [0.25, 0.3) is 0 Å². The van der Waals surface area contributed by atoms with Gasteiger partial charge in [0.05, 0.1) is 11.8 Å². The van der Waals surface area contributed by atoms with E-state index in [1.54, 1.807) is 30.3 Å². The average molecular weight is 368 g/mol. The molecule has 0 spiro atoms. The van der Waals surface area contributed by atoms with Crippen LogP contribution >= 0.6 is 0 Å². The predicted octanol–water partition coefficient (Wildman–Crippen LogP) is -3.73. The van der Waals surface area contributed by atoms with Crippen molar-refractivity contribution < 1.29 is 55.7 Å². The molecular weight excluding hydrogens is 355 g/mol. The van der Waals surface area contributed by atoms with Gasteiger partial charge in [-0.3, -0.25) is 4.79 Å². The van der Waals surface area contributed by atoms with Crippen molar-refractivity contribution in [3.05, 3.63) is 35.9 Å². The van der Waals surface area contributed by atoms with E-state index in [1.807, 2.05) is 0 Å². The van der Waals surface area contributed by atoms with Crippen molar-refractivity contribution in [2.45, 2.75) is 24.3 Å². The summed E-state index contributed by atoms with van der Waals surface area (Å²) < 4.78 is 59.1. The number of carbonyl (C=O) groups excluding carboxylic acids is 1. The van der Waals surface area contributed by atoms with E-state index >= 15 is 0 Å². The van der Waals surface area contributed by atoms with Crippen molar-refractivity contribution in [2.75, 3.05) is 6.54 Å². The fraction of sp³-hybridized carbons (Fsp3) is 0.417. The van der Waals surface area contributed by atoms with Crippen molar-refractivity contribution in [3.8, 4) is 0 Å². The van der Waals surface area contributed by atoms with Gasteiger partial charge in [-0.1, -0.05) is 30.3 Å². The van der Waals surface area contributed by atoms with Gasteiger partial charge < -0.3 is 4.55 Å². The third-order valence-corrected chi connectivity index (χ3v) is 6.64. The number of rotatable bonds is 4. The minimum Gasteiger partial charge on any atom is -0.731 e. The first kappa shape index (κ1) is 18.8. The molecule has 0 N–H and O–H groups in total. The zero-order valence-corrected chi connectivity index (χ0v) is 16.0. The first-order valence-electron chi connectivity index (χ1n) is 6.54. The van der Waals surface area contributed by atoms with Gasteiger partial charge in [0.25, 0.3) is 5.91 Å². The van der Waals surface area contributed by atoms with E-state index in [2.05, 4.69) is 0 Å². The first-order chi connectivity index (χ1) is 10.2. The van der Waals surface area contributed by atoms with Crippen molar-refractivity contribution in [1.82, 2.24) is 8.61 Å². The maximum absolute atomic E-state index is 12.4. The zero-order chi connectivity index (χ0) is 16.1. The molecule has 2 heterocycles. The van der Waals surface area contributed by atoms with Crippen LogP contribution in [0.3, 0.4) is 0 Å². The van der Waals surface area contributed by atoms with Crippen LogP contribution in [-0.2, 0) is 30.9 Å². The third-order valence-electron chi connectivity index (χ3n) is 3.88. The molecule has 0 unspecified atom stereocenters. The molecule has 3 rings (SSSR count). The van der Waals surface area contributed by atoms with Crippen molar-refractivity contribution in [1.29, 1.82) is 0 Å². The standard InChI is InChI=1S/C12H14N2O6S2.Na/c15-12-11-10(14(12)22(18,19)20)6-7-13(11)21(16,17)8-9-4-2-1-3-5-9;/h1-5,10-11H,6-8H2,(H,18,19,20);/q;+1/p-1/t10-,11+;/m1./s1. The molecule has 0 aromatic heterocycles. The summed E-state index contributed by atoms with van der Waals surface area (Å²) in [6.07, 6.45) is 0.145. The van der Waals surface area contributed by atoms with E-state index in [1.165, 1.54) is 0 Å². The van der Waals surface area contributed by atoms with Gasteiger partial charge in [0, 0.05) is 6.54 Å². The van der Waals surface area contributed by atoms with Crippen molar-refractivity contribution in [2.24, 2.45) is 0 Å². The van der Waals surface area contributed by atoms with Gasteiger partial charge in [-0.15, -0.1) is 0 Å². The molecule has 2 aliphatic heterocycles. The summed E-state index contributed by atoms with van der Waals surface area (Å²) in [4.78, 5) is 11.8. The number of nitrogens with zero attached hydrogens (tertiary/aromatic N) is 2. The van der Waals surface area contributed by atoms with Crippen LogP contribution < -0.4 is 29.6 Å². The van der Waals surface area contributed by atoms with Gasteiger partial charge in [-0.2, -0.15) is 4.31 Å². The number of fused-ring (bicyclic) bond motifs is 1. The summed E-state index contributed by atoms with van der Waals surface area (Å²) in [5, 5.41) is 0. The summed E-state index contributed by atoms with van der Waals surface area (Å²) in [5.74, 6) is -1.23. The van der Waals surface area contributed by atoms with E-state index < -0.39 is 38.3 Å². The number of benzene rings is 1. The molecule has 1 aromatic rings. The quantitative estimate of drug-likeness (QED) is 0.307. The number of β-lactam (4-membered cyclic amide) rings is 1. The van der Waals surface area contributed by atoms with Crippen LogP contribution in [0.5, 0.6) is 0 Å². The fourth-order valence-electron chi connectivity index (χ4n) is 2.95. The van der Waals surface area contributed by atoms with Crippen LogP contribution in [0.4, 0.5) is 0 Å². The molecule has 8 nitrogen and oxygen atoms in total. The van der Waals surface area contributed by atoms with Crippen LogP contribution in [0, 0.1) is 0 Å². The molecule has 1 amide bonds. The summed E-state index contributed by atoms with van der Waals surface area (Å²) in [6, 6.07) is 6.53. The van der Waals surface area contributed by atoms with Crippen LogP contribution in [0.2, 0.25) is 0 Å². The minimum absolute atomic E-state index is 0. The molecule has 0 bridgehead atoms. The normalized spacial score (nSPS) is 24.7. The van der Waals surface area contributed by atoms with E-state index in [0.29, 0.717) is 5.56 Å². The molecule has 2 saturated heterocycles. The molecule has 11 heteroatoms. The molecule has 2 fully saturated rings. The maximum Gasteiger partial charge on any atom is 1.00 e. The summed E-state index contributed by atoms with van der Waals surface area (Å²) in [7, 11) is -8.64. The summed E-state index contributed by atoms with van der Waals surface area (Å²) >= 11 is 0.